The molecule has 2 rings (SSSR count). The maximum Gasteiger partial charge on any atom is 0.159 e. The number of nitrogens with zero attached hydrogens (tertiary/aromatic N) is 2. The lowest BCUT2D eigenvalue weighted by Gasteiger charge is -2.34. The van der Waals surface area contributed by atoms with Crippen molar-refractivity contribution in [2.45, 2.75) is 44.6 Å². The van der Waals surface area contributed by atoms with Gasteiger partial charge in [-0.25, -0.2) is 9.97 Å². The molecule has 1 fully saturated rings. The van der Waals surface area contributed by atoms with Crippen LogP contribution in [0.4, 0.5) is 0 Å². The van der Waals surface area contributed by atoms with E-state index in [4.69, 9.17) is 0 Å². The van der Waals surface area contributed by atoms with E-state index in [1.165, 1.54) is 0 Å². The van der Waals surface area contributed by atoms with Gasteiger partial charge in [-0.05, 0) is 30.7 Å². The van der Waals surface area contributed by atoms with Crippen LogP contribution < -0.4 is 0 Å². The molecular weight excluding hydrogens is 176 g/mol. The zero-order valence-corrected chi connectivity index (χ0v) is 8.70. The van der Waals surface area contributed by atoms with Crippen LogP contribution in [0.15, 0.2) is 12.4 Å². The maximum absolute atomic E-state index is 9.99. The molecule has 0 bridgehead atoms. The Labute approximate surface area is 84.2 Å². The highest BCUT2D eigenvalue weighted by molar-refractivity contribution is 5.14. The first-order valence-electron chi connectivity index (χ1n) is 5.17. The lowest BCUT2D eigenvalue weighted by molar-refractivity contribution is -0.0468. The van der Waals surface area contributed by atoms with Gasteiger partial charge in [0.2, 0.25) is 0 Å². The number of aromatic nitrogens is 2. The van der Waals surface area contributed by atoms with Gasteiger partial charge in [0.15, 0.2) is 5.82 Å². The summed E-state index contributed by atoms with van der Waals surface area (Å²) in [5, 5.41) is 9.99. The number of hydrogen-bond acceptors (Lipinski definition) is 3. The fourth-order valence-corrected chi connectivity index (χ4v) is 1.61. The highest BCUT2D eigenvalue weighted by Crippen LogP contribution is 2.38. The SMILES string of the molecule is CC(C)c1cnc(C2(O)CCC2)nc1. The fraction of sp³-hybridized carbons (Fsp3) is 0.636. The van der Waals surface area contributed by atoms with Crippen LogP contribution in [-0.2, 0) is 5.60 Å². The summed E-state index contributed by atoms with van der Waals surface area (Å²) in [4.78, 5) is 8.47. The van der Waals surface area contributed by atoms with Gasteiger partial charge >= 0.3 is 0 Å². The van der Waals surface area contributed by atoms with Crippen molar-refractivity contribution in [3.05, 3.63) is 23.8 Å². The summed E-state index contributed by atoms with van der Waals surface area (Å²) in [6, 6.07) is 0. The second kappa shape index (κ2) is 3.31. The smallest absolute Gasteiger partial charge is 0.159 e. The van der Waals surface area contributed by atoms with Crippen LogP contribution in [0.5, 0.6) is 0 Å². The van der Waals surface area contributed by atoms with E-state index in [1.807, 2.05) is 12.4 Å². The van der Waals surface area contributed by atoms with Gasteiger partial charge in [0.1, 0.15) is 5.60 Å². The van der Waals surface area contributed by atoms with Gasteiger partial charge in [-0.2, -0.15) is 0 Å². The first kappa shape index (κ1) is 9.59. The Balaban J connectivity index is 2.21. The summed E-state index contributed by atoms with van der Waals surface area (Å²) >= 11 is 0. The minimum absolute atomic E-state index is 0.445. The Hall–Kier alpha value is -0.960. The molecule has 0 aliphatic heterocycles. The van der Waals surface area contributed by atoms with Gasteiger partial charge in [-0.1, -0.05) is 13.8 Å². The largest absolute Gasteiger partial charge is 0.382 e. The van der Waals surface area contributed by atoms with Gasteiger partial charge in [0.05, 0.1) is 0 Å². The molecule has 0 atom stereocenters. The van der Waals surface area contributed by atoms with Gasteiger partial charge in [0.25, 0.3) is 0 Å². The average molecular weight is 192 g/mol. The molecule has 3 nitrogen and oxygen atoms in total. The van der Waals surface area contributed by atoms with Crippen LogP contribution >= 0.6 is 0 Å². The monoisotopic (exact) mass is 192 g/mol. The molecule has 3 heteroatoms. The topological polar surface area (TPSA) is 46.0 Å². The number of aliphatic hydroxyl groups is 1. The lowest BCUT2D eigenvalue weighted by atomic mass is 9.79. The zero-order chi connectivity index (χ0) is 10.2. The number of rotatable bonds is 2. The molecule has 0 unspecified atom stereocenters. The summed E-state index contributed by atoms with van der Waals surface area (Å²) in [7, 11) is 0. The second-order valence-electron chi connectivity index (χ2n) is 4.38. The van der Waals surface area contributed by atoms with Crippen molar-refractivity contribution in [1.29, 1.82) is 0 Å². The van der Waals surface area contributed by atoms with Crippen LogP contribution in [0.3, 0.4) is 0 Å². The Morgan fingerprint density at radius 2 is 1.86 bits per heavy atom. The molecular formula is C11H16N2O. The third-order valence-corrected chi connectivity index (χ3v) is 2.94. The van der Waals surface area contributed by atoms with Crippen molar-refractivity contribution in [2.75, 3.05) is 0 Å². The molecule has 1 N–H and O–H groups in total. The molecule has 1 heterocycles. The molecule has 1 aromatic heterocycles. The molecule has 0 saturated heterocycles. The van der Waals surface area contributed by atoms with Gasteiger partial charge in [0, 0.05) is 12.4 Å². The standard InChI is InChI=1S/C11H16N2O/c1-8(2)9-6-12-10(13-7-9)11(14)4-3-5-11/h6-8,14H,3-5H2,1-2H3. The molecule has 0 aromatic carbocycles. The molecule has 14 heavy (non-hydrogen) atoms. The van der Waals surface area contributed by atoms with Crippen LogP contribution in [0.1, 0.15) is 50.4 Å². The predicted octanol–water partition coefficient (Wildman–Crippen LogP) is 1.97. The van der Waals surface area contributed by atoms with Crippen LogP contribution in [0, 0.1) is 0 Å². The molecule has 76 valence electrons. The van der Waals surface area contributed by atoms with Crippen molar-refractivity contribution >= 4 is 0 Å². The van der Waals surface area contributed by atoms with Crippen molar-refractivity contribution in [3.63, 3.8) is 0 Å². The van der Waals surface area contributed by atoms with E-state index in [2.05, 4.69) is 23.8 Å². The molecule has 1 aliphatic rings. The summed E-state index contributed by atoms with van der Waals surface area (Å²) in [6.07, 6.45) is 6.32. The van der Waals surface area contributed by atoms with Crippen LogP contribution in [0.2, 0.25) is 0 Å². The third-order valence-electron chi connectivity index (χ3n) is 2.94. The third kappa shape index (κ3) is 1.52. The first-order chi connectivity index (χ1) is 6.62. The minimum Gasteiger partial charge on any atom is -0.382 e. The Kier molecular flexibility index (Phi) is 2.27. The summed E-state index contributed by atoms with van der Waals surface area (Å²) < 4.78 is 0. The highest BCUT2D eigenvalue weighted by atomic mass is 16.3. The van der Waals surface area contributed by atoms with E-state index in [0.29, 0.717) is 11.7 Å². The minimum atomic E-state index is -0.727. The Bertz CT molecular complexity index is 315. The molecule has 0 radical (unpaired) electrons. The molecule has 0 amide bonds. The van der Waals surface area contributed by atoms with Crippen molar-refractivity contribution in [3.8, 4) is 0 Å². The maximum atomic E-state index is 9.99. The zero-order valence-electron chi connectivity index (χ0n) is 8.70. The Morgan fingerprint density at radius 1 is 1.29 bits per heavy atom. The normalized spacial score (nSPS) is 19.4. The van der Waals surface area contributed by atoms with Gasteiger partial charge in [-0.15, -0.1) is 0 Å². The average Bonchev–Trinajstić information content (AvgIpc) is 2.14. The van der Waals surface area contributed by atoms with E-state index in [-0.39, 0.29) is 0 Å². The van der Waals surface area contributed by atoms with Crippen LogP contribution in [-0.4, -0.2) is 15.1 Å². The lowest BCUT2D eigenvalue weighted by Crippen LogP contribution is -2.35. The molecule has 1 saturated carbocycles. The molecule has 1 aromatic rings. The van der Waals surface area contributed by atoms with E-state index >= 15 is 0 Å². The summed E-state index contributed by atoms with van der Waals surface area (Å²) in [6.45, 7) is 4.22. The van der Waals surface area contributed by atoms with Crippen molar-refractivity contribution in [1.82, 2.24) is 9.97 Å². The summed E-state index contributed by atoms with van der Waals surface area (Å²) in [5.74, 6) is 1.04. The van der Waals surface area contributed by atoms with E-state index in [9.17, 15) is 5.11 Å². The molecule has 0 spiro atoms. The number of hydrogen-bond donors (Lipinski definition) is 1. The van der Waals surface area contributed by atoms with E-state index < -0.39 is 5.60 Å². The predicted molar refractivity (Wildman–Crippen MR) is 53.9 cm³/mol. The van der Waals surface area contributed by atoms with E-state index in [1.54, 1.807) is 0 Å². The highest BCUT2D eigenvalue weighted by Gasteiger charge is 2.38. The quantitative estimate of drug-likeness (QED) is 0.779. The second-order valence-corrected chi connectivity index (χ2v) is 4.38. The van der Waals surface area contributed by atoms with Gasteiger partial charge < -0.3 is 5.11 Å². The Morgan fingerprint density at radius 3 is 2.21 bits per heavy atom. The first-order valence-corrected chi connectivity index (χ1v) is 5.17. The summed E-state index contributed by atoms with van der Waals surface area (Å²) in [5.41, 5.74) is 0.395. The fourth-order valence-electron chi connectivity index (χ4n) is 1.61. The van der Waals surface area contributed by atoms with Crippen molar-refractivity contribution in [2.24, 2.45) is 0 Å². The van der Waals surface area contributed by atoms with Crippen molar-refractivity contribution < 1.29 is 5.11 Å². The molecule has 1 aliphatic carbocycles. The van der Waals surface area contributed by atoms with Gasteiger partial charge in [-0.3, -0.25) is 0 Å². The van der Waals surface area contributed by atoms with E-state index in [0.717, 1.165) is 24.8 Å². The van der Waals surface area contributed by atoms with Crippen LogP contribution in [0.25, 0.3) is 0 Å².